The zero-order valence-electron chi connectivity index (χ0n) is 8.82. The van der Waals surface area contributed by atoms with Crippen molar-refractivity contribution in [3.8, 4) is 0 Å². The summed E-state index contributed by atoms with van der Waals surface area (Å²) in [4.78, 5) is 1.74. The Hall–Kier alpha value is 0.110. The molecule has 0 rings (SSSR count). The van der Waals surface area contributed by atoms with Crippen LogP contribution in [0, 0.1) is 0 Å². The van der Waals surface area contributed by atoms with Crippen molar-refractivity contribution in [3.05, 3.63) is 0 Å². The molecule has 0 aromatic carbocycles. The van der Waals surface area contributed by atoms with Crippen LogP contribution in [0.3, 0.4) is 0 Å². The molecule has 0 aliphatic carbocycles. The molecule has 0 amide bonds. The summed E-state index contributed by atoms with van der Waals surface area (Å²) >= 11 is 5.53. The Morgan fingerprint density at radius 2 is 1.86 bits per heavy atom. The average molecular weight is 228 g/mol. The largest absolute Gasteiger partial charge is 0.297 e. The van der Waals surface area contributed by atoms with Crippen molar-refractivity contribution in [1.29, 1.82) is 0 Å². The molecule has 0 unspecified atom stereocenters. The maximum absolute atomic E-state index is 12.1. The second-order valence-corrected chi connectivity index (χ2v) is 3.82. The van der Waals surface area contributed by atoms with Gasteiger partial charge in [0.2, 0.25) is 0 Å². The van der Waals surface area contributed by atoms with Gasteiger partial charge in [-0.05, 0) is 13.0 Å². The highest BCUT2D eigenvalue weighted by Gasteiger charge is 2.10. The first-order valence-electron chi connectivity index (χ1n) is 5.27. The summed E-state index contributed by atoms with van der Waals surface area (Å²) in [6, 6.07) is 0. The highest BCUT2D eigenvalue weighted by atomic mass is 35.5. The highest BCUT2D eigenvalue weighted by molar-refractivity contribution is 6.18. The predicted octanol–water partition coefficient (Wildman–Crippen LogP) is 3.37. The van der Waals surface area contributed by atoms with E-state index in [4.69, 9.17) is 11.6 Å². The van der Waals surface area contributed by atoms with E-state index in [2.05, 4.69) is 6.92 Å². The molecule has 1 nitrogen and oxygen atoms in total. The molecule has 0 saturated heterocycles. The summed E-state index contributed by atoms with van der Waals surface area (Å²) in [5, 5.41) is 0. The number of halogens is 3. The first-order chi connectivity index (χ1) is 6.70. The standard InChI is InChI=1S/C10H20ClF2N/c1-2-3-4-5-7-14(8-6-11)9-10(12)13/h10H,2-9H2,1H3. The van der Waals surface area contributed by atoms with Crippen molar-refractivity contribution in [3.63, 3.8) is 0 Å². The Morgan fingerprint density at radius 3 is 2.36 bits per heavy atom. The van der Waals surface area contributed by atoms with Crippen LogP contribution in [0.15, 0.2) is 0 Å². The number of hydrogen-bond donors (Lipinski definition) is 0. The van der Waals surface area contributed by atoms with Crippen LogP contribution in [0.1, 0.15) is 32.6 Å². The first kappa shape index (κ1) is 14.1. The van der Waals surface area contributed by atoms with Crippen LogP contribution in [0.2, 0.25) is 0 Å². The topological polar surface area (TPSA) is 3.24 Å². The summed E-state index contributed by atoms with van der Waals surface area (Å²) in [5.41, 5.74) is 0. The number of nitrogens with zero attached hydrogens (tertiary/aromatic N) is 1. The molecule has 0 radical (unpaired) electrons. The summed E-state index contributed by atoms with van der Waals surface area (Å²) in [6.45, 7) is 3.31. The van der Waals surface area contributed by atoms with Crippen molar-refractivity contribution >= 4 is 11.6 Å². The molecule has 14 heavy (non-hydrogen) atoms. The molecular weight excluding hydrogens is 208 g/mol. The second kappa shape index (κ2) is 9.66. The lowest BCUT2D eigenvalue weighted by Gasteiger charge is -2.20. The maximum Gasteiger partial charge on any atom is 0.251 e. The Bertz CT molecular complexity index is 123. The fourth-order valence-electron chi connectivity index (χ4n) is 1.37. The van der Waals surface area contributed by atoms with E-state index in [1.807, 2.05) is 0 Å². The minimum absolute atomic E-state index is 0.140. The molecule has 0 aromatic rings. The van der Waals surface area contributed by atoms with E-state index in [0.29, 0.717) is 12.4 Å². The SMILES string of the molecule is CCCCCCN(CCCl)CC(F)F. The quantitative estimate of drug-likeness (QED) is 0.431. The van der Waals surface area contributed by atoms with Crippen LogP contribution >= 0.6 is 11.6 Å². The van der Waals surface area contributed by atoms with Gasteiger partial charge >= 0.3 is 0 Å². The number of alkyl halides is 3. The van der Waals surface area contributed by atoms with Crippen LogP contribution in [0.4, 0.5) is 8.78 Å². The van der Waals surface area contributed by atoms with Crippen molar-refractivity contribution < 1.29 is 8.78 Å². The molecule has 0 bridgehead atoms. The third-order valence-corrected chi connectivity index (χ3v) is 2.29. The van der Waals surface area contributed by atoms with Crippen LogP contribution < -0.4 is 0 Å². The molecule has 0 aromatic heterocycles. The zero-order chi connectivity index (χ0) is 10.8. The van der Waals surface area contributed by atoms with E-state index >= 15 is 0 Å². The Morgan fingerprint density at radius 1 is 1.14 bits per heavy atom. The summed E-state index contributed by atoms with van der Waals surface area (Å²) in [5.74, 6) is 0.431. The van der Waals surface area contributed by atoms with Gasteiger partial charge in [0.25, 0.3) is 6.43 Å². The third kappa shape index (κ3) is 8.70. The van der Waals surface area contributed by atoms with Crippen molar-refractivity contribution in [2.45, 2.75) is 39.0 Å². The molecule has 4 heteroatoms. The van der Waals surface area contributed by atoms with Gasteiger partial charge in [0.05, 0.1) is 6.54 Å². The summed E-state index contributed by atoms with van der Waals surface area (Å²) in [6.07, 6.45) is 2.23. The van der Waals surface area contributed by atoms with Gasteiger partial charge in [-0.25, -0.2) is 8.78 Å². The molecule has 0 spiro atoms. The van der Waals surface area contributed by atoms with Crippen LogP contribution in [-0.4, -0.2) is 36.8 Å². The van der Waals surface area contributed by atoms with Crippen LogP contribution in [0.5, 0.6) is 0 Å². The lowest BCUT2D eigenvalue weighted by Crippen LogP contribution is -2.31. The van der Waals surface area contributed by atoms with Gasteiger partial charge in [-0.2, -0.15) is 0 Å². The van der Waals surface area contributed by atoms with E-state index in [1.54, 1.807) is 4.90 Å². The number of rotatable bonds is 9. The zero-order valence-corrected chi connectivity index (χ0v) is 9.57. The molecule has 0 N–H and O–H groups in total. The normalized spacial score (nSPS) is 11.6. The van der Waals surface area contributed by atoms with Gasteiger partial charge in [-0.15, -0.1) is 11.6 Å². The molecular formula is C10H20ClF2N. The van der Waals surface area contributed by atoms with Gasteiger partial charge < -0.3 is 0 Å². The van der Waals surface area contributed by atoms with Gasteiger partial charge in [0, 0.05) is 12.4 Å². The smallest absolute Gasteiger partial charge is 0.251 e. The van der Waals surface area contributed by atoms with E-state index in [9.17, 15) is 8.78 Å². The molecule has 0 heterocycles. The average Bonchev–Trinajstić information content (AvgIpc) is 2.12. The molecule has 0 aliphatic heterocycles. The van der Waals surface area contributed by atoms with Gasteiger partial charge in [0.1, 0.15) is 0 Å². The Kier molecular flexibility index (Phi) is 9.73. The van der Waals surface area contributed by atoms with Crippen LogP contribution in [-0.2, 0) is 0 Å². The molecule has 0 atom stereocenters. The first-order valence-corrected chi connectivity index (χ1v) is 5.80. The lowest BCUT2D eigenvalue weighted by atomic mass is 10.2. The predicted molar refractivity (Wildman–Crippen MR) is 57.3 cm³/mol. The monoisotopic (exact) mass is 227 g/mol. The van der Waals surface area contributed by atoms with E-state index in [0.717, 1.165) is 19.4 Å². The third-order valence-electron chi connectivity index (χ3n) is 2.12. The minimum Gasteiger partial charge on any atom is -0.297 e. The second-order valence-electron chi connectivity index (χ2n) is 3.44. The molecule has 0 fully saturated rings. The highest BCUT2D eigenvalue weighted by Crippen LogP contribution is 2.04. The Balaban J connectivity index is 3.51. The fourth-order valence-corrected chi connectivity index (χ4v) is 1.61. The maximum atomic E-state index is 12.1. The molecule has 86 valence electrons. The summed E-state index contributed by atoms with van der Waals surface area (Å²) in [7, 11) is 0. The molecule has 0 aliphatic rings. The number of unbranched alkanes of at least 4 members (excludes halogenated alkanes) is 3. The van der Waals surface area contributed by atoms with E-state index in [1.165, 1.54) is 12.8 Å². The van der Waals surface area contributed by atoms with Crippen molar-refractivity contribution in [2.75, 3.05) is 25.5 Å². The van der Waals surface area contributed by atoms with E-state index < -0.39 is 6.43 Å². The number of hydrogen-bond acceptors (Lipinski definition) is 1. The van der Waals surface area contributed by atoms with E-state index in [-0.39, 0.29) is 6.54 Å². The van der Waals surface area contributed by atoms with Crippen LogP contribution in [0.25, 0.3) is 0 Å². The van der Waals surface area contributed by atoms with Crippen molar-refractivity contribution in [2.24, 2.45) is 0 Å². The lowest BCUT2D eigenvalue weighted by molar-refractivity contribution is 0.0902. The Labute approximate surface area is 90.4 Å². The van der Waals surface area contributed by atoms with Gasteiger partial charge in [-0.1, -0.05) is 26.2 Å². The minimum atomic E-state index is -2.25. The molecule has 0 saturated carbocycles. The van der Waals surface area contributed by atoms with Gasteiger partial charge in [-0.3, -0.25) is 4.90 Å². The fraction of sp³-hybridized carbons (Fsp3) is 1.00. The summed E-state index contributed by atoms with van der Waals surface area (Å²) < 4.78 is 24.2. The van der Waals surface area contributed by atoms with Crippen molar-refractivity contribution in [1.82, 2.24) is 4.90 Å². The van der Waals surface area contributed by atoms with Gasteiger partial charge in [0.15, 0.2) is 0 Å².